The van der Waals surface area contributed by atoms with E-state index in [1.54, 1.807) is 0 Å². The number of hydrogen-bond acceptors (Lipinski definition) is 4. The predicted molar refractivity (Wildman–Crippen MR) is 88.1 cm³/mol. The molecule has 0 radical (unpaired) electrons. The molecule has 1 atom stereocenters. The zero-order chi connectivity index (χ0) is 15.8. The Hall–Kier alpha value is -2.21. The maximum absolute atomic E-state index is 4.72. The smallest absolute Gasteiger partial charge is 0.234 e. The van der Waals surface area contributed by atoms with Gasteiger partial charge in [-0.2, -0.15) is 5.10 Å². The van der Waals surface area contributed by atoms with Gasteiger partial charge in [-0.3, -0.25) is 14.0 Å². The van der Waals surface area contributed by atoms with Gasteiger partial charge in [0.05, 0.1) is 12.2 Å². The van der Waals surface area contributed by atoms with Crippen molar-refractivity contribution in [3.63, 3.8) is 0 Å². The lowest BCUT2D eigenvalue weighted by molar-refractivity contribution is 0.217. The Bertz CT molecular complexity index is 804. The largest absolute Gasteiger partial charge is 0.293 e. The highest BCUT2D eigenvalue weighted by molar-refractivity contribution is 5.34. The van der Waals surface area contributed by atoms with Gasteiger partial charge in [-0.05, 0) is 45.4 Å². The van der Waals surface area contributed by atoms with E-state index in [2.05, 4.69) is 38.6 Å². The summed E-state index contributed by atoms with van der Waals surface area (Å²) in [7, 11) is 0. The second-order valence-electron chi connectivity index (χ2n) is 6.44. The molecule has 0 saturated carbocycles. The van der Waals surface area contributed by atoms with Gasteiger partial charge in [-0.25, -0.2) is 9.97 Å². The average molecular weight is 310 g/mol. The van der Waals surface area contributed by atoms with Crippen LogP contribution in [0.25, 0.3) is 5.78 Å². The number of imidazole rings is 1. The van der Waals surface area contributed by atoms with Gasteiger partial charge in [0, 0.05) is 42.6 Å². The minimum Gasteiger partial charge on any atom is -0.293 e. The fraction of sp³-hybridized carbons (Fsp3) is 0.471. The van der Waals surface area contributed by atoms with Crippen LogP contribution in [0, 0.1) is 13.8 Å². The Labute approximate surface area is 135 Å². The monoisotopic (exact) mass is 310 g/mol. The lowest BCUT2D eigenvalue weighted by atomic mass is 10.2. The van der Waals surface area contributed by atoms with E-state index in [4.69, 9.17) is 4.98 Å². The van der Waals surface area contributed by atoms with E-state index in [-0.39, 0.29) is 0 Å². The van der Waals surface area contributed by atoms with E-state index in [9.17, 15) is 0 Å². The van der Waals surface area contributed by atoms with Gasteiger partial charge < -0.3 is 0 Å². The van der Waals surface area contributed by atoms with Crippen molar-refractivity contribution in [2.24, 2.45) is 0 Å². The molecule has 6 heteroatoms. The van der Waals surface area contributed by atoms with Crippen molar-refractivity contribution < 1.29 is 0 Å². The third-order valence-electron chi connectivity index (χ3n) is 4.63. The van der Waals surface area contributed by atoms with Crippen LogP contribution in [0.2, 0.25) is 0 Å². The van der Waals surface area contributed by atoms with E-state index in [1.807, 2.05) is 30.1 Å². The maximum Gasteiger partial charge on any atom is 0.234 e. The number of aryl methyl sites for hydroxylation is 2. The van der Waals surface area contributed by atoms with Crippen LogP contribution in [0.15, 0.2) is 30.7 Å². The molecule has 1 saturated heterocycles. The normalized spacial score (nSPS) is 19.0. The van der Waals surface area contributed by atoms with Gasteiger partial charge in [-0.15, -0.1) is 0 Å². The van der Waals surface area contributed by atoms with Gasteiger partial charge in [-0.1, -0.05) is 0 Å². The third-order valence-corrected chi connectivity index (χ3v) is 4.63. The minimum atomic E-state index is 0.538. The molecule has 1 aliphatic rings. The van der Waals surface area contributed by atoms with Crippen LogP contribution in [0.1, 0.15) is 29.9 Å². The molecule has 3 aromatic heterocycles. The van der Waals surface area contributed by atoms with E-state index < -0.39 is 0 Å². The molecule has 3 aromatic rings. The molecule has 4 heterocycles. The highest BCUT2D eigenvalue weighted by Gasteiger charge is 2.25. The molecule has 0 spiro atoms. The van der Waals surface area contributed by atoms with Gasteiger partial charge in [0.1, 0.15) is 0 Å². The minimum absolute atomic E-state index is 0.538. The average Bonchev–Trinajstić information content (AvgIpc) is 3.22. The number of nitrogens with zero attached hydrogens (tertiary/aromatic N) is 6. The fourth-order valence-electron chi connectivity index (χ4n) is 3.54. The van der Waals surface area contributed by atoms with E-state index in [0.717, 1.165) is 36.8 Å². The van der Waals surface area contributed by atoms with Crippen LogP contribution in [-0.2, 0) is 13.1 Å². The Morgan fingerprint density at radius 1 is 1.26 bits per heavy atom. The first-order valence-electron chi connectivity index (χ1n) is 8.23. The van der Waals surface area contributed by atoms with Gasteiger partial charge in [0.15, 0.2) is 0 Å². The molecule has 0 aliphatic carbocycles. The fourth-order valence-corrected chi connectivity index (χ4v) is 3.54. The molecule has 120 valence electrons. The summed E-state index contributed by atoms with van der Waals surface area (Å²) < 4.78 is 4.11. The van der Waals surface area contributed by atoms with Crippen LogP contribution >= 0.6 is 0 Å². The Balaban J connectivity index is 1.53. The summed E-state index contributed by atoms with van der Waals surface area (Å²) in [4.78, 5) is 11.8. The van der Waals surface area contributed by atoms with Crippen molar-refractivity contribution in [1.29, 1.82) is 0 Å². The van der Waals surface area contributed by atoms with Gasteiger partial charge in [0.25, 0.3) is 0 Å². The summed E-state index contributed by atoms with van der Waals surface area (Å²) >= 11 is 0. The summed E-state index contributed by atoms with van der Waals surface area (Å²) in [5.74, 6) is 0.806. The summed E-state index contributed by atoms with van der Waals surface area (Å²) in [6, 6.07) is 4.61. The zero-order valence-electron chi connectivity index (χ0n) is 13.7. The Morgan fingerprint density at radius 2 is 2.17 bits per heavy atom. The van der Waals surface area contributed by atoms with Crippen molar-refractivity contribution in [2.75, 3.05) is 6.54 Å². The van der Waals surface area contributed by atoms with Crippen molar-refractivity contribution in [3.05, 3.63) is 47.8 Å². The van der Waals surface area contributed by atoms with E-state index in [0.29, 0.717) is 6.04 Å². The van der Waals surface area contributed by atoms with Crippen LogP contribution < -0.4 is 0 Å². The molecule has 0 N–H and O–H groups in total. The Morgan fingerprint density at radius 3 is 3.00 bits per heavy atom. The number of fused-ring (bicyclic) bond motifs is 1. The van der Waals surface area contributed by atoms with Crippen LogP contribution in [0.5, 0.6) is 0 Å². The van der Waals surface area contributed by atoms with Crippen molar-refractivity contribution in [2.45, 2.75) is 45.8 Å². The van der Waals surface area contributed by atoms with Crippen molar-refractivity contribution in [1.82, 2.24) is 29.0 Å². The molecule has 0 bridgehead atoms. The zero-order valence-corrected chi connectivity index (χ0v) is 13.7. The highest BCUT2D eigenvalue weighted by atomic mass is 15.3. The number of rotatable bonds is 4. The highest BCUT2D eigenvalue weighted by Crippen LogP contribution is 2.21. The van der Waals surface area contributed by atoms with E-state index >= 15 is 0 Å². The number of hydrogen-bond donors (Lipinski definition) is 0. The lowest BCUT2D eigenvalue weighted by Gasteiger charge is -2.23. The molecule has 0 amide bonds. The van der Waals surface area contributed by atoms with Crippen LogP contribution in [-0.4, -0.2) is 41.6 Å². The predicted octanol–water partition coefficient (Wildman–Crippen LogP) is 2.21. The molecule has 1 unspecified atom stereocenters. The first kappa shape index (κ1) is 14.4. The SMILES string of the molecule is Cc1cc(C)n2cc(CN3CCCC3Cn3cccn3)nc2n1. The third kappa shape index (κ3) is 2.86. The molecular weight excluding hydrogens is 288 g/mol. The summed E-state index contributed by atoms with van der Waals surface area (Å²) in [5, 5.41) is 4.34. The topological polar surface area (TPSA) is 51.2 Å². The van der Waals surface area contributed by atoms with Crippen LogP contribution in [0.4, 0.5) is 0 Å². The lowest BCUT2D eigenvalue weighted by Crippen LogP contribution is -2.32. The molecule has 4 rings (SSSR count). The number of likely N-dealkylation sites (tertiary alicyclic amines) is 1. The molecule has 1 fully saturated rings. The molecule has 23 heavy (non-hydrogen) atoms. The van der Waals surface area contributed by atoms with E-state index in [1.165, 1.54) is 18.5 Å². The first-order valence-corrected chi connectivity index (χ1v) is 8.23. The molecular formula is C17H22N6. The van der Waals surface area contributed by atoms with Crippen molar-refractivity contribution >= 4 is 5.78 Å². The van der Waals surface area contributed by atoms with Gasteiger partial charge in [0.2, 0.25) is 5.78 Å². The second-order valence-corrected chi connectivity index (χ2v) is 6.44. The quantitative estimate of drug-likeness (QED) is 0.741. The summed E-state index contributed by atoms with van der Waals surface area (Å²) in [5.41, 5.74) is 3.30. The number of aromatic nitrogens is 5. The summed E-state index contributed by atoms with van der Waals surface area (Å²) in [6.07, 6.45) is 8.48. The molecule has 6 nitrogen and oxygen atoms in total. The summed E-state index contributed by atoms with van der Waals surface area (Å²) in [6.45, 7) is 7.08. The van der Waals surface area contributed by atoms with Crippen molar-refractivity contribution in [3.8, 4) is 0 Å². The second kappa shape index (κ2) is 5.77. The standard InChI is InChI=1S/C17H22N6/c1-13-9-14(2)23-11-15(20-17(23)19-13)10-21-7-3-5-16(21)12-22-8-4-6-18-22/h4,6,8-9,11,16H,3,5,7,10,12H2,1-2H3. The van der Waals surface area contributed by atoms with Gasteiger partial charge >= 0.3 is 0 Å². The molecule has 0 aromatic carbocycles. The first-order chi connectivity index (χ1) is 11.2. The Kier molecular flexibility index (Phi) is 3.61. The maximum atomic E-state index is 4.72. The van der Waals surface area contributed by atoms with Crippen LogP contribution in [0.3, 0.4) is 0 Å². The molecule has 1 aliphatic heterocycles.